The van der Waals surface area contributed by atoms with Crippen LogP contribution >= 0.6 is 0 Å². The largest absolute Gasteiger partial charge is 0.466 e. The standard InChI is InChI=1S/C39H47N5O6/c1-3-32-36(38(46)49-2)34(28-15-17-31(18-16-28)44(47)48)35(33(42-32)27-50-26-21-40)37(45)41-22-10-23-43-24-19-39(20-25-43,29-11-6-4-7-12-29)30-13-8-5-9-14-30/h4-9,11-18,34,42H,3,10,19-27,40H2,1-2H3,(H,41,45). The second-order valence-electron chi connectivity index (χ2n) is 12.6. The molecule has 11 heteroatoms. The molecular formula is C39H47N5O6. The summed E-state index contributed by atoms with van der Waals surface area (Å²) in [5.41, 5.74) is 10.5. The van der Waals surface area contributed by atoms with Gasteiger partial charge in [0.25, 0.3) is 5.69 Å². The molecule has 1 atom stereocenters. The van der Waals surface area contributed by atoms with Gasteiger partial charge in [-0.25, -0.2) is 4.79 Å². The molecule has 4 N–H and O–H groups in total. The first-order valence-electron chi connectivity index (χ1n) is 17.3. The summed E-state index contributed by atoms with van der Waals surface area (Å²) < 4.78 is 11.0. The van der Waals surface area contributed by atoms with Crippen molar-refractivity contribution < 1.29 is 24.0 Å². The van der Waals surface area contributed by atoms with Gasteiger partial charge in [-0.15, -0.1) is 0 Å². The van der Waals surface area contributed by atoms with E-state index in [-0.39, 0.29) is 35.8 Å². The summed E-state index contributed by atoms with van der Waals surface area (Å²) >= 11 is 0. The number of benzene rings is 3. The van der Waals surface area contributed by atoms with Crippen molar-refractivity contribution in [2.75, 3.05) is 53.0 Å². The summed E-state index contributed by atoms with van der Waals surface area (Å²) in [5, 5.41) is 17.8. The number of carbonyl (C=O) groups is 2. The van der Waals surface area contributed by atoms with E-state index in [2.05, 4.69) is 76.2 Å². The third-order valence-electron chi connectivity index (χ3n) is 9.78. The smallest absolute Gasteiger partial charge is 0.336 e. The normalized spacial score (nSPS) is 17.6. The van der Waals surface area contributed by atoms with Gasteiger partial charge in [0, 0.05) is 36.3 Å². The fourth-order valence-electron chi connectivity index (χ4n) is 7.22. The van der Waals surface area contributed by atoms with Crippen molar-refractivity contribution >= 4 is 17.6 Å². The molecular weight excluding hydrogens is 634 g/mol. The molecule has 3 aromatic rings. The highest BCUT2D eigenvalue weighted by Gasteiger charge is 2.40. The second kappa shape index (κ2) is 17.2. The zero-order chi connectivity index (χ0) is 35.5. The molecule has 1 fully saturated rings. The van der Waals surface area contributed by atoms with E-state index < -0.39 is 16.8 Å². The Kier molecular flexibility index (Phi) is 12.5. The van der Waals surface area contributed by atoms with Gasteiger partial charge in [-0.2, -0.15) is 0 Å². The fourth-order valence-corrected chi connectivity index (χ4v) is 7.22. The number of amides is 1. The topological polar surface area (TPSA) is 149 Å². The van der Waals surface area contributed by atoms with Crippen LogP contribution in [0.2, 0.25) is 0 Å². The monoisotopic (exact) mass is 681 g/mol. The van der Waals surface area contributed by atoms with E-state index in [0.29, 0.717) is 42.0 Å². The molecule has 2 aliphatic heterocycles. The molecule has 1 saturated heterocycles. The number of hydrogen-bond acceptors (Lipinski definition) is 9. The van der Waals surface area contributed by atoms with Crippen molar-refractivity contribution in [1.29, 1.82) is 0 Å². The summed E-state index contributed by atoms with van der Waals surface area (Å²) in [6, 6.07) is 27.4. The third kappa shape index (κ3) is 8.13. The first kappa shape index (κ1) is 36.4. The van der Waals surface area contributed by atoms with Crippen LogP contribution in [0.1, 0.15) is 55.2 Å². The van der Waals surface area contributed by atoms with Crippen LogP contribution in [0.5, 0.6) is 0 Å². The molecule has 264 valence electrons. The number of non-ortho nitro benzene ring substituents is 1. The number of rotatable bonds is 15. The van der Waals surface area contributed by atoms with Crippen LogP contribution in [0, 0.1) is 10.1 Å². The molecule has 1 unspecified atom stereocenters. The van der Waals surface area contributed by atoms with Crippen molar-refractivity contribution in [3.8, 4) is 0 Å². The number of nitro benzene ring substituents is 1. The number of esters is 1. The Hall–Kier alpha value is -4.84. The maximum atomic E-state index is 14.1. The Bertz CT molecular complexity index is 1640. The Balaban J connectivity index is 1.31. The molecule has 3 aromatic carbocycles. The Morgan fingerprint density at radius 3 is 2.12 bits per heavy atom. The molecule has 2 heterocycles. The van der Waals surface area contributed by atoms with Crippen molar-refractivity contribution in [2.45, 2.75) is 43.9 Å². The van der Waals surface area contributed by atoms with Gasteiger partial charge in [-0.05, 0) is 62.0 Å². The van der Waals surface area contributed by atoms with Crippen molar-refractivity contribution in [1.82, 2.24) is 15.5 Å². The van der Waals surface area contributed by atoms with Gasteiger partial charge >= 0.3 is 5.97 Å². The van der Waals surface area contributed by atoms with E-state index in [1.54, 1.807) is 12.1 Å². The molecule has 0 bridgehead atoms. The van der Waals surface area contributed by atoms with Gasteiger partial charge in [0.1, 0.15) is 0 Å². The van der Waals surface area contributed by atoms with Crippen LogP contribution < -0.4 is 16.4 Å². The highest BCUT2D eigenvalue weighted by molar-refractivity contribution is 6.02. The maximum absolute atomic E-state index is 14.1. The number of ether oxygens (including phenoxy) is 2. The second-order valence-corrected chi connectivity index (χ2v) is 12.6. The lowest BCUT2D eigenvalue weighted by molar-refractivity contribution is -0.384. The van der Waals surface area contributed by atoms with E-state index in [9.17, 15) is 19.7 Å². The molecule has 1 amide bonds. The molecule has 0 aromatic heterocycles. The number of nitrogens with one attached hydrogen (secondary N) is 2. The summed E-state index contributed by atoms with van der Waals surface area (Å²) in [4.78, 5) is 40.8. The van der Waals surface area contributed by atoms with E-state index in [4.69, 9.17) is 15.2 Å². The van der Waals surface area contributed by atoms with E-state index in [1.807, 2.05) is 6.92 Å². The van der Waals surface area contributed by atoms with Gasteiger partial charge < -0.3 is 30.7 Å². The molecule has 11 nitrogen and oxygen atoms in total. The lowest BCUT2D eigenvalue weighted by Crippen LogP contribution is -2.44. The molecule has 0 radical (unpaired) electrons. The predicted molar refractivity (Wildman–Crippen MR) is 192 cm³/mol. The summed E-state index contributed by atoms with van der Waals surface area (Å²) in [6.07, 6.45) is 3.18. The van der Waals surface area contributed by atoms with E-state index in [0.717, 1.165) is 38.9 Å². The predicted octanol–water partition coefficient (Wildman–Crippen LogP) is 4.94. The Labute approximate surface area is 293 Å². The maximum Gasteiger partial charge on any atom is 0.336 e. The Morgan fingerprint density at radius 1 is 0.960 bits per heavy atom. The number of dihydropyridines is 1. The fraction of sp³-hybridized carbons (Fsp3) is 0.385. The average Bonchev–Trinajstić information content (AvgIpc) is 3.16. The molecule has 0 spiro atoms. The number of likely N-dealkylation sites (tertiary alicyclic amines) is 1. The van der Waals surface area contributed by atoms with Gasteiger partial charge in [-0.1, -0.05) is 79.7 Å². The number of nitrogens with two attached hydrogens (primary N) is 1. The lowest BCUT2D eigenvalue weighted by Gasteiger charge is -2.43. The minimum absolute atomic E-state index is 0.0366. The zero-order valence-electron chi connectivity index (χ0n) is 28.9. The van der Waals surface area contributed by atoms with E-state index in [1.165, 1.54) is 30.4 Å². The first-order valence-corrected chi connectivity index (χ1v) is 17.3. The van der Waals surface area contributed by atoms with Gasteiger partial charge in [-0.3, -0.25) is 14.9 Å². The number of piperidine rings is 1. The quantitative estimate of drug-likeness (QED) is 0.0878. The highest BCUT2D eigenvalue weighted by atomic mass is 16.6. The highest BCUT2D eigenvalue weighted by Crippen LogP contribution is 2.42. The van der Waals surface area contributed by atoms with Crippen LogP contribution in [0.4, 0.5) is 5.69 Å². The summed E-state index contributed by atoms with van der Waals surface area (Å²) in [5.74, 6) is -1.77. The van der Waals surface area contributed by atoms with Gasteiger partial charge in [0.2, 0.25) is 5.91 Å². The minimum Gasteiger partial charge on any atom is -0.466 e. The molecule has 0 saturated carbocycles. The Morgan fingerprint density at radius 2 is 1.58 bits per heavy atom. The number of hydrogen-bond donors (Lipinski definition) is 3. The number of methoxy groups -OCH3 is 1. The third-order valence-corrected chi connectivity index (χ3v) is 9.78. The van der Waals surface area contributed by atoms with Crippen molar-refractivity contribution in [2.24, 2.45) is 5.73 Å². The van der Waals surface area contributed by atoms with Crippen LogP contribution in [0.25, 0.3) is 0 Å². The zero-order valence-corrected chi connectivity index (χ0v) is 28.9. The summed E-state index contributed by atoms with van der Waals surface area (Å²) in [7, 11) is 1.29. The molecule has 50 heavy (non-hydrogen) atoms. The van der Waals surface area contributed by atoms with Crippen LogP contribution in [0.3, 0.4) is 0 Å². The number of nitrogens with zero attached hydrogens (tertiary/aromatic N) is 2. The summed E-state index contributed by atoms with van der Waals surface area (Å²) in [6.45, 7) is 5.66. The SMILES string of the molecule is CCC1=C(C(=O)OC)C(c2ccc([N+](=O)[O-])cc2)C(C(=O)NCCCN2CCC(c3ccccc3)(c3ccccc3)CC2)=C(COCCN)N1. The lowest BCUT2D eigenvalue weighted by atomic mass is 9.68. The van der Waals surface area contributed by atoms with E-state index >= 15 is 0 Å². The molecule has 0 aliphatic carbocycles. The first-order chi connectivity index (χ1) is 24.3. The molecule has 5 rings (SSSR count). The van der Waals surface area contributed by atoms with Crippen LogP contribution in [0.15, 0.2) is 107 Å². The van der Waals surface area contributed by atoms with Gasteiger partial charge in [0.05, 0.1) is 48.0 Å². The number of carbonyl (C=O) groups excluding carboxylic acids is 2. The van der Waals surface area contributed by atoms with Crippen LogP contribution in [-0.4, -0.2) is 74.7 Å². The molecule has 2 aliphatic rings. The van der Waals surface area contributed by atoms with Gasteiger partial charge in [0.15, 0.2) is 0 Å². The van der Waals surface area contributed by atoms with Crippen molar-refractivity contribution in [3.63, 3.8) is 0 Å². The van der Waals surface area contributed by atoms with Crippen LogP contribution in [-0.2, 0) is 24.5 Å². The number of allylic oxidation sites excluding steroid dienone is 1. The average molecular weight is 682 g/mol. The number of nitro groups is 1. The van der Waals surface area contributed by atoms with Crippen molar-refractivity contribution in [3.05, 3.63) is 134 Å². The minimum atomic E-state index is -0.831.